The molecule has 26 heavy (non-hydrogen) atoms. The van der Waals surface area contributed by atoms with Gasteiger partial charge in [-0.1, -0.05) is 25.5 Å². The van der Waals surface area contributed by atoms with Crippen LogP contribution in [0.15, 0.2) is 11.6 Å². The lowest BCUT2D eigenvalue weighted by Crippen LogP contribution is -2.61. The number of hydrogen-bond acceptors (Lipinski definition) is 5. The molecule has 10 atom stereocenters. The van der Waals surface area contributed by atoms with Crippen LogP contribution in [-0.4, -0.2) is 46.2 Å². The molecule has 0 amide bonds. The zero-order valence-corrected chi connectivity index (χ0v) is 15.6. The fourth-order valence-electron chi connectivity index (χ4n) is 7.54. The second kappa shape index (κ2) is 5.06. The van der Waals surface area contributed by atoms with E-state index in [1.165, 1.54) is 0 Å². The van der Waals surface area contributed by atoms with Crippen LogP contribution in [0.3, 0.4) is 0 Å². The molecule has 5 rings (SSSR count). The molecule has 0 spiro atoms. The molecule has 3 saturated carbocycles. The number of carbonyl (C=O) groups excluding carboxylic acids is 2. The van der Waals surface area contributed by atoms with Crippen molar-refractivity contribution in [3.8, 4) is 0 Å². The van der Waals surface area contributed by atoms with Crippen molar-refractivity contribution in [1.29, 1.82) is 0 Å². The molecule has 0 radical (unpaired) electrons. The summed E-state index contributed by atoms with van der Waals surface area (Å²) in [6.45, 7) is 6.13. The van der Waals surface area contributed by atoms with Gasteiger partial charge in [-0.2, -0.15) is 0 Å². The number of Topliss-reactive ketones (excluding diaryl/α,β-unsaturated/α-hetero) is 2. The van der Waals surface area contributed by atoms with Crippen molar-refractivity contribution in [3.05, 3.63) is 11.6 Å². The van der Waals surface area contributed by atoms with E-state index in [1.807, 2.05) is 13.8 Å². The van der Waals surface area contributed by atoms with E-state index in [2.05, 4.69) is 13.0 Å². The first-order valence-corrected chi connectivity index (χ1v) is 9.97. The lowest BCUT2D eigenvalue weighted by atomic mass is 9.46. The van der Waals surface area contributed by atoms with Crippen molar-refractivity contribution in [2.24, 2.45) is 34.5 Å². The highest BCUT2D eigenvalue weighted by molar-refractivity contribution is 5.96. The number of fused-ring (bicyclic) bond motifs is 4. The molecule has 0 aromatic rings. The van der Waals surface area contributed by atoms with E-state index < -0.39 is 23.7 Å². The van der Waals surface area contributed by atoms with Gasteiger partial charge in [-0.3, -0.25) is 9.59 Å². The average molecular weight is 360 g/mol. The summed E-state index contributed by atoms with van der Waals surface area (Å²) >= 11 is 0. The molecule has 1 aliphatic heterocycles. The second-order valence-corrected chi connectivity index (χ2v) is 9.81. The monoisotopic (exact) mass is 360 g/mol. The fraction of sp³-hybridized carbons (Fsp3) is 0.810. The molecule has 0 bridgehead atoms. The molecule has 10 unspecified atom stereocenters. The van der Waals surface area contributed by atoms with Crippen molar-refractivity contribution in [3.63, 3.8) is 0 Å². The van der Waals surface area contributed by atoms with Gasteiger partial charge in [0.15, 0.2) is 5.78 Å². The van der Waals surface area contributed by atoms with Crippen LogP contribution >= 0.6 is 0 Å². The molecule has 1 heterocycles. The van der Waals surface area contributed by atoms with Gasteiger partial charge in [0.1, 0.15) is 11.9 Å². The summed E-state index contributed by atoms with van der Waals surface area (Å²) in [7, 11) is 0. The third-order valence-corrected chi connectivity index (χ3v) is 8.70. The number of hydrogen-bond donors (Lipinski definition) is 2. The highest BCUT2D eigenvalue weighted by Crippen LogP contribution is 2.67. The van der Waals surface area contributed by atoms with E-state index >= 15 is 0 Å². The molecular weight excluding hydrogens is 332 g/mol. The van der Waals surface area contributed by atoms with Crippen molar-refractivity contribution in [2.75, 3.05) is 0 Å². The van der Waals surface area contributed by atoms with Crippen LogP contribution in [0.5, 0.6) is 0 Å². The quantitative estimate of drug-likeness (QED) is 0.642. The molecule has 5 nitrogen and oxygen atoms in total. The van der Waals surface area contributed by atoms with Gasteiger partial charge in [0, 0.05) is 35.0 Å². The van der Waals surface area contributed by atoms with Gasteiger partial charge < -0.3 is 14.9 Å². The first kappa shape index (κ1) is 17.1. The Labute approximate surface area is 153 Å². The van der Waals surface area contributed by atoms with Gasteiger partial charge in [0.2, 0.25) is 0 Å². The Morgan fingerprint density at radius 2 is 1.85 bits per heavy atom. The van der Waals surface area contributed by atoms with Crippen molar-refractivity contribution in [1.82, 2.24) is 0 Å². The summed E-state index contributed by atoms with van der Waals surface area (Å²) in [5, 5.41) is 20.4. The SMILES string of the molecule is CC1OC2C(=O)C3C(CC=C4CC(O)C(O)CC43C)C3C(=O)CC1C23C. The topological polar surface area (TPSA) is 83.8 Å². The standard InChI is InChI=1S/C21H28O5/c1-9-12-7-14(23)16-11-5-4-10-6-13(22)15(24)8-20(10,2)17(11)18(25)19(26-9)21(12,16)3/h4,9,11-13,15-17,19,22,24H,5-8H2,1-3H3. The summed E-state index contributed by atoms with van der Waals surface area (Å²) in [4.78, 5) is 26.7. The average Bonchev–Trinajstić information content (AvgIpc) is 2.97. The zero-order chi connectivity index (χ0) is 18.6. The van der Waals surface area contributed by atoms with Gasteiger partial charge in [-0.25, -0.2) is 0 Å². The van der Waals surface area contributed by atoms with Gasteiger partial charge in [0.05, 0.1) is 18.3 Å². The Balaban J connectivity index is 1.64. The molecule has 5 aliphatic rings. The predicted molar refractivity (Wildman–Crippen MR) is 93.1 cm³/mol. The summed E-state index contributed by atoms with van der Waals surface area (Å²) < 4.78 is 6.15. The highest BCUT2D eigenvalue weighted by Gasteiger charge is 2.72. The zero-order valence-electron chi connectivity index (χ0n) is 15.6. The van der Waals surface area contributed by atoms with Crippen molar-refractivity contribution < 1.29 is 24.5 Å². The molecular formula is C21H28O5. The van der Waals surface area contributed by atoms with E-state index in [-0.39, 0.29) is 46.8 Å². The van der Waals surface area contributed by atoms with E-state index in [1.54, 1.807) is 0 Å². The number of aliphatic hydroxyl groups is 2. The van der Waals surface area contributed by atoms with Crippen LogP contribution in [0, 0.1) is 34.5 Å². The lowest BCUT2D eigenvalue weighted by molar-refractivity contribution is -0.166. The maximum Gasteiger partial charge on any atom is 0.166 e. The highest BCUT2D eigenvalue weighted by atomic mass is 16.5. The summed E-state index contributed by atoms with van der Waals surface area (Å²) in [6, 6.07) is 0. The van der Waals surface area contributed by atoms with E-state index in [0.29, 0.717) is 25.7 Å². The maximum atomic E-state index is 13.7. The number of ketones is 2. The summed E-state index contributed by atoms with van der Waals surface area (Å²) in [6.07, 6.45) is 1.98. The van der Waals surface area contributed by atoms with E-state index in [9.17, 15) is 19.8 Å². The molecule has 4 fully saturated rings. The number of allylic oxidation sites excluding steroid dienone is 1. The van der Waals surface area contributed by atoms with E-state index in [4.69, 9.17) is 4.74 Å². The Hall–Kier alpha value is -1.04. The Bertz CT molecular complexity index is 728. The summed E-state index contributed by atoms with van der Waals surface area (Å²) in [5.41, 5.74) is 0.193. The second-order valence-electron chi connectivity index (χ2n) is 9.81. The molecule has 2 N–H and O–H groups in total. The predicted octanol–water partition coefficient (Wildman–Crippen LogP) is 1.65. The van der Waals surface area contributed by atoms with Crippen molar-refractivity contribution in [2.45, 2.75) is 70.9 Å². The number of carbonyl (C=O) groups is 2. The number of aliphatic hydroxyl groups excluding tert-OH is 2. The minimum absolute atomic E-state index is 0.00802. The molecule has 0 aromatic carbocycles. The van der Waals surface area contributed by atoms with Crippen LogP contribution in [0.4, 0.5) is 0 Å². The number of rotatable bonds is 0. The van der Waals surface area contributed by atoms with Crippen LogP contribution in [0.1, 0.15) is 46.5 Å². The van der Waals surface area contributed by atoms with Crippen LogP contribution in [0.25, 0.3) is 0 Å². The van der Waals surface area contributed by atoms with Crippen LogP contribution < -0.4 is 0 Å². The minimum atomic E-state index is -0.826. The molecule has 4 aliphatic carbocycles. The molecule has 0 aromatic heterocycles. The Morgan fingerprint density at radius 3 is 2.58 bits per heavy atom. The minimum Gasteiger partial charge on any atom is -0.390 e. The van der Waals surface area contributed by atoms with Gasteiger partial charge >= 0.3 is 0 Å². The largest absolute Gasteiger partial charge is 0.390 e. The first-order valence-electron chi connectivity index (χ1n) is 9.97. The van der Waals surface area contributed by atoms with Crippen molar-refractivity contribution >= 4 is 11.6 Å². The molecule has 1 saturated heterocycles. The van der Waals surface area contributed by atoms with Gasteiger partial charge in [-0.15, -0.1) is 0 Å². The van der Waals surface area contributed by atoms with Crippen LogP contribution in [0.2, 0.25) is 0 Å². The number of ether oxygens (including phenoxy) is 1. The fourth-order valence-corrected chi connectivity index (χ4v) is 7.54. The normalized spacial score (nSPS) is 58.1. The summed E-state index contributed by atoms with van der Waals surface area (Å²) in [5.74, 6) is 0.0918. The lowest BCUT2D eigenvalue weighted by Gasteiger charge is -2.57. The molecule has 142 valence electrons. The third kappa shape index (κ3) is 1.78. The third-order valence-electron chi connectivity index (χ3n) is 8.70. The first-order chi connectivity index (χ1) is 12.2. The Kier molecular flexibility index (Phi) is 3.33. The maximum absolute atomic E-state index is 13.7. The molecule has 5 heteroatoms. The Morgan fingerprint density at radius 1 is 1.12 bits per heavy atom. The smallest absolute Gasteiger partial charge is 0.166 e. The van der Waals surface area contributed by atoms with Gasteiger partial charge in [-0.05, 0) is 32.1 Å². The van der Waals surface area contributed by atoms with E-state index in [0.717, 1.165) is 5.57 Å². The van der Waals surface area contributed by atoms with Crippen LogP contribution in [-0.2, 0) is 14.3 Å². The van der Waals surface area contributed by atoms with Gasteiger partial charge in [0.25, 0.3) is 0 Å².